The van der Waals surface area contributed by atoms with E-state index in [4.69, 9.17) is 16.3 Å². The molecule has 3 rings (SSSR count). The van der Waals surface area contributed by atoms with Gasteiger partial charge in [-0.25, -0.2) is 4.98 Å². The van der Waals surface area contributed by atoms with E-state index in [0.29, 0.717) is 27.8 Å². The van der Waals surface area contributed by atoms with Crippen LogP contribution in [0.4, 0.5) is 23.1 Å². The number of nitrogens with zero attached hydrogens (tertiary/aromatic N) is 2. The zero-order valence-electron chi connectivity index (χ0n) is 20.2. The number of aryl methyl sites for hydroxylation is 1. The first-order valence-corrected chi connectivity index (χ1v) is 12.1. The molecule has 2 aromatic carbocycles. The third-order valence-electron chi connectivity index (χ3n) is 5.34. The number of anilines is 4. The van der Waals surface area contributed by atoms with Crippen LogP contribution in [-0.4, -0.2) is 29.4 Å². The van der Waals surface area contributed by atoms with Gasteiger partial charge in [0, 0.05) is 15.7 Å². The summed E-state index contributed by atoms with van der Waals surface area (Å²) in [6, 6.07) is 12.2. The Morgan fingerprint density at radius 1 is 1.09 bits per heavy atom. The lowest BCUT2D eigenvalue weighted by Gasteiger charge is -2.28. The van der Waals surface area contributed by atoms with Crippen LogP contribution >= 0.6 is 23.4 Å². The highest BCUT2D eigenvalue weighted by atomic mass is 35.5. The molecule has 0 radical (unpaired) electrons. The molecular formula is C25H32ClN5OS. The molecular weight excluding hydrogens is 454 g/mol. The lowest BCUT2D eigenvalue weighted by atomic mass is 9.90. The van der Waals surface area contributed by atoms with Crippen LogP contribution in [0.5, 0.6) is 5.75 Å². The Hall–Kier alpha value is -2.48. The van der Waals surface area contributed by atoms with Crippen molar-refractivity contribution >= 4 is 46.5 Å². The van der Waals surface area contributed by atoms with E-state index in [0.717, 1.165) is 27.4 Å². The summed E-state index contributed by atoms with van der Waals surface area (Å²) >= 11 is 8.21. The van der Waals surface area contributed by atoms with Crippen molar-refractivity contribution in [2.75, 3.05) is 24.8 Å². The monoisotopic (exact) mass is 485 g/mol. The number of methoxy groups -OCH3 is 1. The maximum atomic E-state index is 6.42. The molecule has 1 aromatic heterocycles. The molecule has 0 saturated heterocycles. The topological polar surface area (TPSA) is 71.1 Å². The average molecular weight is 486 g/mol. The quantitative estimate of drug-likeness (QED) is 0.285. The van der Waals surface area contributed by atoms with Gasteiger partial charge in [-0.15, -0.1) is 11.8 Å². The number of hydrogen-bond donors (Lipinski definition) is 3. The van der Waals surface area contributed by atoms with Crippen molar-refractivity contribution < 1.29 is 4.74 Å². The van der Waals surface area contributed by atoms with Crippen molar-refractivity contribution in [2.45, 2.75) is 50.3 Å². The van der Waals surface area contributed by atoms with Crippen LogP contribution in [0.3, 0.4) is 0 Å². The van der Waals surface area contributed by atoms with E-state index >= 15 is 0 Å². The predicted molar refractivity (Wildman–Crippen MR) is 141 cm³/mol. The Balaban J connectivity index is 1.92. The van der Waals surface area contributed by atoms with Crippen molar-refractivity contribution in [2.24, 2.45) is 0 Å². The van der Waals surface area contributed by atoms with Crippen LogP contribution in [0.2, 0.25) is 5.02 Å². The summed E-state index contributed by atoms with van der Waals surface area (Å²) in [6.45, 7) is 10.7. The van der Waals surface area contributed by atoms with E-state index < -0.39 is 0 Å². The summed E-state index contributed by atoms with van der Waals surface area (Å²) < 4.78 is 5.66. The normalized spacial score (nSPS) is 11.5. The van der Waals surface area contributed by atoms with Crippen molar-refractivity contribution in [1.82, 2.24) is 15.3 Å². The van der Waals surface area contributed by atoms with Gasteiger partial charge in [-0.3, -0.25) is 0 Å². The molecule has 0 saturated carbocycles. The Morgan fingerprint density at radius 2 is 1.82 bits per heavy atom. The van der Waals surface area contributed by atoms with Crippen molar-refractivity contribution in [3.05, 3.63) is 58.7 Å². The van der Waals surface area contributed by atoms with Crippen molar-refractivity contribution in [3.8, 4) is 5.75 Å². The summed E-state index contributed by atoms with van der Waals surface area (Å²) in [5.74, 6) is 1.68. The van der Waals surface area contributed by atoms with Gasteiger partial charge in [-0.05, 0) is 63.2 Å². The molecule has 3 N–H and O–H groups in total. The lowest BCUT2D eigenvalue weighted by molar-refractivity contribution is 0.407. The Kier molecular flexibility index (Phi) is 8.10. The number of rotatable bonds is 9. The van der Waals surface area contributed by atoms with Gasteiger partial charge >= 0.3 is 0 Å². The molecule has 0 amide bonds. The SMILES string of the molecule is CNC(C)(C)c1cc(OC)c(Nc2ncc(Cl)c(Nc3ccccc3SC(C)C)n2)cc1C. The number of aromatic nitrogens is 2. The summed E-state index contributed by atoms with van der Waals surface area (Å²) in [4.78, 5) is 10.1. The first-order chi connectivity index (χ1) is 15.6. The minimum atomic E-state index is -0.189. The lowest BCUT2D eigenvalue weighted by Crippen LogP contribution is -2.33. The molecule has 0 aliphatic heterocycles. The van der Waals surface area contributed by atoms with E-state index in [1.54, 1.807) is 25.1 Å². The number of benzene rings is 2. The van der Waals surface area contributed by atoms with Crippen LogP contribution in [0.25, 0.3) is 0 Å². The van der Waals surface area contributed by atoms with Crippen LogP contribution in [-0.2, 0) is 5.54 Å². The van der Waals surface area contributed by atoms with Gasteiger partial charge in [-0.2, -0.15) is 4.98 Å². The molecule has 6 nitrogen and oxygen atoms in total. The Morgan fingerprint density at radius 3 is 2.48 bits per heavy atom. The molecule has 176 valence electrons. The standard InChI is InChI=1S/C25H32ClN5OS/c1-15(2)33-22-11-9-8-10-19(22)29-23-18(26)14-28-24(31-23)30-20-12-16(3)17(13-21(20)32-7)25(4,5)27-6/h8-15,27H,1-7H3,(H2,28,29,30,31). The summed E-state index contributed by atoms with van der Waals surface area (Å²) in [5, 5.41) is 10.9. The number of thioether (sulfide) groups is 1. The fraction of sp³-hybridized carbons (Fsp3) is 0.360. The smallest absolute Gasteiger partial charge is 0.229 e. The van der Waals surface area contributed by atoms with E-state index in [9.17, 15) is 0 Å². The fourth-order valence-electron chi connectivity index (χ4n) is 3.45. The third-order valence-corrected chi connectivity index (χ3v) is 6.70. The van der Waals surface area contributed by atoms with E-state index in [2.05, 4.69) is 66.6 Å². The number of hydrogen-bond acceptors (Lipinski definition) is 7. The molecule has 8 heteroatoms. The first kappa shape index (κ1) is 25.1. The highest BCUT2D eigenvalue weighted by molar-refractivity contribution is 8.00. The first-order valence-electron chi connectivity index (χ1n) is 10.8. The van der Waals surface area contributed by atoms with E-state index in [1.165, 1.54) is 0 Å². The van der Waals surface area contributed by atoms with Crippen LogP contribution < -0.4 is 20.7 Å². The van der Waals surface area contributed by atoms with Crippen LogP contribution in [0.15, 0.2) is 47.5 Å². The van der Waals surface area contributed by atoms with Crippen LogP contribution in [0, 0.1) is 6.92 Å². The highest BCUT2D eigenvalue weighted by Gasteiger charge is 2.22. The highest BCUT2D eigenvalue weighted by Crippen LogP contribution is 2.36. The van der Waals surface area contributed by atoms with Crippen LogP contribution in [0.1, 0.15) is 38.8 Å². The summed E-state index contributed by atoms with van der Waals surface area (Å²) in [5.41, 5.74) is 3.84. The van der Waals surface area contributed by atoms with Gasteiger partial charge in [0.15, 0.2) is 5.82 Å². The second kappa shape index (κ2) is 10.6. The molecule has 0 aliphatic carbocycles. The summed E-state index contributed by atoms with van der Waals surface area (Å²) in [6.07, 6.45) is 1.59. The van der Waals surface area contributed by atoms with Crippen molar-refractivity contribution in [1.29, 1.82) is 0 Å². The molecule has 0 unspecified atom stereocenters. The van der Waals surface area contributed by atoms with Gasteiger partial charge in [0.1, 0.15) is 10.8 Å². The molecule has 1 heterocycles. The zero-order valence-corrected chi connectivity index (χ0v) is 21.8. The molecule has 3 aromatic rings. The molecule has 0 aliphatic rings. The third kappa shape index (κ3) is 6.10. The number of nitrogens with one attached hydrogen (secondary N) is 3. The number of para-hydroxylation sites is 1. The largest absolute Gasteiger partial charge is 0.495 e. The maximum absolute atomic E-state index is 6.42. The van der Waals surface area contributed by atoms with E-state index in [-0.39, 0.29) is 5.54 Å². The molecule has 33 heavy (non-hydrogen) atoms. The van der Waals surface area contributed by atoms with Gasteiger partial charge in [0.2, 0.25) is 5.95 Å². The van der Waals surface area contributed by atoms with Gasteiger partial charge in [0.25, 0.3) is 0 Å². The molecule has 0 bridgehead atoms. The Bertz CT molecular complexity index is 1120. The summed E-state index contributed by atoms with van der Waals surface area (Å²) in [7, 11) is 3.61. The predicted octanol–water partition coefficient (Wildman–Crippen LogP) is 6.89. The minimum absolute atomic E-state index is 0.189. The molecule has 0 atom stereocenters. The second-order valence-corrected chi connectivity index (χ2v) is 10.6. The molecule has 0 fully saturated rings. The van der Waals surface area contributed by atoms with Gasteiger partial charge in [-0.1, -0.05) is 37.6 Å². The van der Waals surface area contributed by atoms with Gasteiger partial charge < -0.3 is 20.7 Å². The van der Waals surface area contributed by atoms with E-state index in [1.807, 2.05) is 37.4 Å². The Labute approximate surface area is 205 Å². The average Bonchev–Trinajstić information content (AvgIpc) is 2.77. The zero-order chi connectivity index (χ0) is 24.2. The second-order valence-electron chi connectivity index (χ2n) is 8.55. The van der Waals surface area contributed by atoms with Crippen molar-refractivity contribution in [3.63, 3.8) is 0 Å². The maximum Gasteiger partial charge on any atom is 0.229 e. The van der Waals surface area contributed by atoms with Gasteiger partial charge in [0.05, 0.1) is 24.7 Å². The number of halogens is 1. The number of ether oxygens (including phenoxy) is 1. The molecule has 0 spiro atoms. The minimum Gasteiger partial charge on any atom is -0.495 e. The fourth-order valence-corrected chi connectivity index (χ4v) is 4.50.